The molecule has 7 heteroatoms. The zero-order valence-corrected chi connectivity index (χ0v) is 8.11. The van der Waals surface area contributed by atoms with Crippen molar-refractivity contribution in [2.24, 2.45) is 5.84 Å². The van der Waals surface area contributed by atoms with E-state index >= 15 is 0 Å². The van der Waals surface area contributed by atoms with Crippen LogP contribution in [0.5, 0.6) is 0 Å². The maximum atomic E-state index is 13.0. The normalized spacial score (nSPS) is 12.7. The van der Waals surface area contributed by atoms with Gasteiger partial charge in [0, 0.05) is 0 Å². The summed E-state index contributed by atoms with van der Waals surface area (Å²) < 4.78 is 25.8. The van der Waals surface area contributed by atoms with Crippen LogP contribution in [0.15, 0.2) is 24.4 Å². The molecule has 2 rings (SSSR count). The summed E-state index contributed by atoms with van der Waals surface area (Å²) in [5.41, 5.74) is 3.42. The first-order valence-corrected chi connectivity index (χ1v) is 4.49. The Morgan fingerprint density at radius 2 is 2.12 bits per heavy atom. The van der Waals surface area contributed by atoms with Crippen molar-refractivity contribution in [1.82, 2.24) is 20.8 Å². The van der Waals surface area contributed by atoms with E-state index in [0.29, 0.717) is 11.3 Å². The number of hydrogen-bond donors (Lipinski definition) is 3. The predicted octanol–water partition coefficient (Wildman–Crippen LogP) is 0.636. The predicted molar refractivity (Wildman–Crippen MR) is 51.9 cm³/mol. The maximum Gasteiger partial charge on any atom is 0.159 e. The number of nitrogens with one attached hydrogen (secondary N) is 2. The van der Waals surface area contributed by atoms with Crippen LogP contribution in [-0.4, -0.2) is 15.4 Å². The third kappa shape index (κ3) is 1.90. The number of rotatable bonds is 3. The summed E-state index contributed by atoms with van der Waals surface area (Å²) in [7, 11) is 0. The van der Waals surface area contributed by atoms with Crippen LogP contribution in [0.2, 0.25) is 0 Å². The minimum atomic E-state index is -0.929. The Hall–Kier alpha value is -1.86. The number of hydrogen-bond acceptors (Lipinski definition) is 4. The second kappa shape index (κ2) is 4.33. The van der Waals surface area contributed by atoms with E-state index in [9.17, 15) is 8.78 Å². The molecular weight excluding hydrogens is 216 g/mol. The van der Waals surface area contributed by atoms with Gasteiger partial charge in [0.2, 0.25) is 0 Å². The van der Waals surface area contributed by atoms with E-state index in [4.69, 9.17) is 5.84 Å². The lowest BCUT2D eigenvalue weighted by atomic mass is 10.0. The second-order valence-corrected chi connectivity index (χ2v) is 3.17. The highest BCUT2D eigenvalue weighted by Gasteiger charge is 2.16. The molecule has 0 aliphatic carbocycles. The van der Waals surface area contributed by atoms with Gasteiger partial charge in [-0.15, -0.1) is 0 Å². The second-order valence-electron chi connectivity index (χ2n) is 3.17. The minimum Gasteiger partial charge on any atom is -0.271 e. The zero-order valence-electron chi connectivity index (χ0n) is 8.11. The van der Waals surface area contributed by atoms with Crippen LogP contribution in [0.25, 0.3) is 0 Å². The molecule has 1 aromatic carbocycles. The van der Waals surface area contributed by atoms with Crippen molar-refractivity contribution in [2.75, 3.05) is 0 Å². The highest BCUT2D eigenvalue weighted by Crippen LogP contribution is 2.20. The molecule has 0 fully saturated rings. The van der Waals surface area contributed by atoms with Gasteiger partial charge in [0.25, 0.3) is 0 Å². The fourth-order valence-electron chi connectivity index (χ4n) is 1.39. The van der Waals surface area contributed by atoms with Crippen molar-refractivity contribution in [3.8, 4) is 0 Å². The summed E-state index contributed by atoms with van der Waals surface area (Å²) in [5.74, 6) is 3.50. The van der Waals surface area contributed by atoms with Crippen molar-refractivity contribution in [1.29, 1.82) is 0 Å². The van der Waals surface area contributed by atoms with Crippen LogP contribution in [0.1, 0.15) is 17.3 Å². The summed E-state index contributed by atoms with van der Waals surface area (Å²) in [6.07, 6.45) is 1.45. The molecule has 84 valence electrons. The highest BCUT2D eigenvalue weighted by molar-refractivity contribution is 5.27. The van der Waals surface area contributed by atoms with Gasteiger partial charge in [-0.25, -0.2) is 14.2 Å². The molecule has 2 aromatic rings. The minimum absolute atomic E-state index is 0.468. The summed E-state index contributed by atoms with van der Waals surface area (Å²) in [6.45, 7) is 0. The summed E-state index contributed by atoms with van der Waals surface area (Å²) in [6, 6.07) is 3.00. The van der Waals surface area contributed by atoms with Crippen molar-refractivity contribution in [2.45, 2.75) is 6.04 Å². The average Bonchev–Trinajstić information content (AvgIpc) is 2.78. The van der Waals surface area contributed by atoms with Crippen molar-refractivity contribution < 1.29 is 8.78 Å². The van der Waals surface area contributed by atoms with E-state index in [2.05, 4.69) is 20.8 Å². The number of nitrogens with zero attached hydrogens (tertiary/aromatic N) is 2. The first kappa shape index (κ1) is 10.7. The molecule has 1 heterocycles. The van der Waals surface area contributed by atoms with E-state index in [-0.39, 0.29) is 0 Å². The monoisotopic (exact) mass is 225 g/mol. The number of hydrazine groups is 1. The fraction of sp³-hybridized carbons (Fsp3) is 0.111. The Morgan fingerprint density at radius 1 is 1.31 bits per heavy atom. The Balaban J connectivity index is 2.37. The van der Waals surface area contributed by atoms with E-state index < -0.39 is 17.7 Å². The summed E-state index contributed by atoms with van der Waals surface area (Å²) in [5, 5.41) is 9.86. The Bertz CT molecular complexity index is 471. The van der Waals surface area contributed by atoms with Crippen LogP contribution in [0.4, 0.5) is 8.78 Å². The lowest BCUT2D eigenvalue weighted by Crippen LogP contribution is -2.29. The summed E-state index contributed by atoms with van der Waals surface area (Å²) >= 11 is 0. The van der Waals surface area contributed by atoms with Crippen LogP contribution >= 0.6 is 0 Å². The molecular formula is C9H9F2N5. The van der Waals surface area contributed by atoms with Gasteiger partial charge < -0.3 is 0 Å². The molecule has 0 bridgehead atoms. The molecule has 16 heavy (non-hydrogen) atoms. The quantitative estimate of drug-likeness (QED) is 0.529. The van der Waals surface area contributed by atoms with Crippen LogP contribution < -0.4 is 11.3 Å². The van der Waals surface area contributed by atoms with E-state index in [1.54, 1.807) is 0 Å². The molecule has 1 unspecified atom stereocenters. The van der Waals surface area contributed by atoms with E-state index in [0.717, 1.165) is 12.1 Å². The van der Waals surface area contributed by atoms with Gasteiger partial charge in [0.15, 0.2) is 11.6 Å². The molecule has 0 aliphatic heterocycles. The molecule has 0 saturated carbocycles. The van der Waals surface area contributed by atoms with Gasteiger partial charge in [-0.05, 0) is 17.7 Å². The first-order valence-electron chi connectivity index (χ1n) is 4.49. The number of nitrogens with two attached hydrogens (primary N) is 1. The number of aromatic nitrogens is 3. The standard InChI is InChI=1S/C9H9F2N5/c10-6-2-1-5(3-7(6)11)9(14-12)8-4-13-16-15-8/h1-4,9,14H,12H2,(H,13,15,16). The number of aromatic amines is 1. The van der Waals surface area contributed by atoms with Gasteiger partial charge in [0.05, 0.1) is 12.2 Å². The topological polar surface area (TPSA) is 79.6 Å². The molecule has 1 aromatic heterocycles. The highest BCUT2D eigenvalue weighted by atomic mass is 19.2. The number of benzene rings is 1. The van der Waals surface area contributed by atoms with Crippen molar-refractivity contribution in [3.05, 3.63) is 47.3 Å². The Labute approximate surface area is 89.6 Å². The molecule has 1 atom stereocenters. The van der Waals surface area contributed by atoms with Gasteiger partial charge in [-0.3, -0.25) is 5.84 Å². The molecule has 0 aliphatic rings. The lowest BCUT2D eigenvalue weighted by molar-refractivity contribution is 0.503. The molecule has 0 radical (unpaired) electrons. The third-order valence-corrected chi connectivity index (χ3v) is 2.17. The van der Waals surface area contributed by atoms with Crippen LogP contribution in [0, 0.1) is 11.6 Å². The zero-order chi connectivity index (χ0) is 11.5. The largest absolute Gasteiger partial charge is 0.271 e. The van der Waals surface area contributed by atoms with Crippen molar-refractivity contribution >= 4 is 0 Å². The maximum absolute atomic E-state index is 13.0. The summed E-state index contributed by atoms with van der Waals surface area (Å²) in [4.78, 5) is 0. The fourth-order valence-corrected chi connectivity index (χ4v) is 1.39. The van der Waals surface area contributed by atoms with Crippen molar-refractivity contribution in [3.63, 3.8) is 0 Å². The Kier molecular flexibility index (Phi) is 2.88. The lowest BCUT2D eigenvalue weighted by Gasteiger charge is -2.13. The van der Waals surface area contributed by atoms with Crippen LogP contribution in [-0.2, 0) is 0 Å². The van der Waals surface area contributed by atoms with Crippen LogP contribution in [0.3, 0.4) is 0 Å². The van der Waals surface area contributed by atoms with E-state index in [1.165, 1.54) is 12.3 Å². The van der Waals surface area contributed by atoms with Gasteiger partial charge in [-0.2, -0.15) is 15.4 Å². The van der Waals surface area contributed by atoms with E-state index in [1.807, 2.05) is 0 Å². The molecule has 4 N–H and O–H groups in total. The first-order chi connectivity index (χ1) is 7.72. The van der Waals surface area contributed by atoms with Gasteiger partial charge in [0.1, 0.15) is 5.69 Å². The molecule has 0 spiro atoms. The smallest absolute Gasteiger partial charge is 0.159 e. The number of halogens is 2. The SMILES string of the molecule is NNC(c1ccc(F)c(F)c1)c1cn[nH]n1. The van der Waals surface area contributed by atoms with Gasteiger partial charge >= 0.3 is 0 Å². The molecule has 0 amide bonds. The average molecular weight is 225 g/mol. The molecule has 0 saturated heterocycles. The Morgan fingerprint density at radius 3 is 2.69 bits per heavy atom. The van der Waals surface area contributed by atoms with Gasteiger partial charge in [-0.1, -0.05) is 6.07 Å². The third-order valence-electron chi connectivity index (χ3n) is 2.17. The molecule has 5 nitrogen and oxygen atoms in total. The number of H-pyrrole nitrogens is 1.